The Morgan fingerprint density at radius 1 is 1.33 bits per heavy atom. The second-order valence-corrected chi connectivity index (χ2v) is 5.95. The molecule has 1 aliphatic rings. The summed E-state index contributed by atoms with van der Waals surface area (Å²) in [7, 11) is 1.31. The van der Waals surface area contributed by atoms with Gasteiger partial charge in [0.25, 0.3) is 0 Å². The zero-order valence-electron chi connectivity index (χ0n) is 14.0. The average Bonchev–Trinajstić information content (AvgIpc) is 2.92. The number of methoxy groups -OCH3 is 1. The standard InChI is InChI=1S/C17H24N2O4.ClH/c1-11-8-13(23-10-17(21)22-2)6-7-15(11)19-16(20)9-12-4-3-5-14(12)18;/h6-8,12,14H,3-5,9-10,18H2,1-2H3,(H,19,20);1H/t12-,14+;/m0./s1. The van der Waals surface area contributed by atoms with E-state index in [0.717, 1.165) is 30.5 Å². The van der Waals surface area contributed by atoms with Crippen molar-refractivity contribution in [3.8, 4) is 5.75 Å². The van der Waals surface area contributed by atoms with Crippen molar-refractivity contribution in [2.45, 2.75) is 38.6 Å². The molecular weight excluding hydrogens is 332 g/mol. The minimum atomic E-state index is -0.437. The van der Waals surface area contributed by atoms with Gasteiger partial charge in [-0.25, -0.2) is 4.79 Å². The Balaban J connectivity index is 0.00000288. The molecule has 0 spiro atoms. The van der Waals surface area contributed by atoms with Crippen molar-refractivity contribution < 1.29 is 19.1 Å². The molecule has 134 valence electrons. The van der Waals surface area contributed by atoms with Crippen LogP contribution in [0.15, 0.2) is 18.2 Å². The highest BCUT2D eigenvalue weighted by Crippen LogP contribution is 2.28. The summed E-state index contributed by atoms with van der Waals surface area (Å²) in [6.45, 7) is 1.74. The SMILES string of the molecule is COC(=O)COc1ccc(NC(=O)C[C@@H]2CCC[C@H]2N)c(C)c1.Cl. The van der Waals surface area contributed by atoms with Crippen molar-refractivity contribution in [2.24, 2.45) is 11.7 Å². The van der Waals surface area contributed by atoms with E-state index in [9.17, 15) is 9.59 Å². The monoisotopic (exact) mass is 356 g/mol. The fraction of sp³-hybridized carbons (Fsp3) is 0.529. The summed E-state index contributed by atoms with van der Waals surface area (Å²) in [6, 6.07) is 5.40. The number of anilines is 1. The summed E-state index contributed by atoms with van der Waals surface area (Å²) in [6.07, 6.45) is 3.59. The summed E-state index contributed by atoms with van der Waals surface area (Å²) in [5.41, 5.74) is 7.62. The Kier molecular flexibility index (Phi) is 8.01. The van der Waals surface area contributed by atoms with E-state index < -0.39 is 5.97 Å². The molecule has 2 atom stereocenters. The first-order chi connectivity index (χ1) is 11.0. The lowest BCUT2D eigenvalue weighted by atomic mass is 10.00. The van der Waals surface area contributed by atoms with Gasteiger partial charge in [-0.1, -0.05) is 6.42 Å². The fourth-order valence-electron chi connectivity index (χ4n) is 2.83. The van der Waals surface area contributed by atoms with Crippen LogP contribution in [-0.2, 0) is 14.3 Å². The topological polar surface area (TPSA) is 90.6 Å². The molecule has 24 heavy (non-hydrogen) atoms. The molecule has 0 bridgehead atoms. The number of halogens is 1. The Morgan fingerprint density at radius 3 is 2.67 bits per heavy atom. The van der Waals surface area contributed by atoms with Crippen molar-refractivity contribution in [2.75, 3.05) is 19.0 Å². The summed E-state index contributed by atoms with van der Waals surface area (Å²) < 4.78 is 9.84. The van der Waals surface area contributed by atoms with Gasteiger partial charge in [0.2, 0.25) is 5.91 Å². The number of carbonyl (C=O) groups is 2. The summed E-state index contributed by atoms with van der Waals surface area (Å²) >= 11 is 0. The molecule has 1 saturated carbocycles. The van der Waals surface area contributed by atoms with Crippen LogP contribution < -0.4 is 15.8 Å². The number of hydrogen-bond donors (Lipinski definition) is 2. The number of esters is 1. The number of nitrogens with one attached hydrogen (secondary N) is 1. The maximum absolute atomic E-state index is 12.1. The number of aryl methyl sites for hydroxylation is 1. The largest absolute Gasteiger partial charge is 0.482 e. The summed E-state index contributed by atoms with van der Waals surface area (Å²) in [5.74, 6) is 0.383. The molecule has 3 N–H and O–H groups in total. The fourth-order valence-corrected chi connectivity index (χ4v) is 2.83. The molecule has 0 heterocycles. The number of rotatable bonds is 6. The van der Waals surface area contributed by atoms with Crippen LogP contribution in [-0.4, -0.2) is 31.6 Å². The van der Waals surface area contributed by atoms with Gasteiger partial charge < -0.3 is 20.5 Å². The van der Waals surface area contributed by atoms with Crippen LogP contribution in [0.5, 0.6) is 5.75 Å². The van der Waals surface area contributed by atoms with Gasteiger partial charge in [0, 0.05) is 18.2 Å². The van der Waals surface area contributed by atoms with E-state index in [2.05, 4.69) is 10.1 Å². The molecule has 2 rings (SSSR count). The molecule has 1 aromatic carbocycles. The van der Waals surface area contributed by atoms with Crippen LogP contribution in [0.2, 0.25) is 0 Å². The van der Waals surface area contributed by atoms with E-state index in [1.165, 1.54) is 7.11 Å². The number of hydrogen-bond acceptors (Lipinski definition) is 5. The number of benzene rings is 1. The summed E-state index contributed by atoms with van der Waals surface area (Å²) in [5, 5.41) is 2.92. The van der Waals surface area contributed by atoms with E-state index >= 15 is 0 Å². The van der Waals surface area contributed by atoms with Crippen molar-refractivity contribution in [1.82, 2.24) is 0 Å². The molecule has 0 unspecified atom stereocenters. The molecule has 1 aliphatic carbocycles. The molecule has 0 aromatic heterocycles. The molecule has 0 aliphatic heterocycles. The third-order valence-electron chi connectivity index (χ3n) is 4.22. The maximum atomic E-state index is 12.1. The van der Waals surface area contributed by atoms with Gasteiger partial charge in [-0.05, 0) is 49.4 Å². The van der Waals surface area contributed by atoms with Crippen LogP contribution >= 0.6 is 12.4 Å². The number of ether oxygens (including phenoxy) is 2. The Hall–Kier alpha value is -1.79. The lowest BCUT2D eigenvalue weighted by Gasteiger charge is -2.16. The van der Waals surface area contributed by atoms with Gasteiger partial charge in [0.1, 0.15) is 5.75 Å². The molecule has 7 heteroatoms. The van der Waals surface area contributed by atoms with Gasteiger partial charge in [-0.2, -0.15) is 0 Å². The predicted octanol–water partition coefficient (Wildman–Crippen LogP) is 2.42. The van der Waals surface area contributed by atoms with Crippen LogP contribution in [0.1, 0.15) is 31.2 Å². The second kappa shape index (κ2) is 9.49. The van der Waals surface area contributed by atoms with E-state index in [1.54, 1.807) is 18.2 Å². The smallest absolute Gasteiger partial charge is 0.343 e. The lowest BCUT2D eigenvalue weighted by molar-refractivity contribution is -0.142. The quantitative estimate of drug-likeness (QED) is 0.764. The predicted molar refractivity (Wildman–Crippen MR) is 94.5 cm³/mol. The normalized spacial score (nSPS) is 19.3. The molecule has 1 aromatic rings. The first-order valence-corrected chi connectivity index (χ1v) is 7.85. The maximum Gasteiger partial charge on any atom is 0.343 e. The van der Waals surface area contributed by atoms with Crippen LogP contribution in [0.4, 0.5) is 5.69 Å². The molecule has 6 nitrogen and oxygen atoms in total. The van der Waals surface area contributed by atoms with Gasteiger partial charge >= 0.3 is 5.97 Å². The molecule has 1 fully saturated rings. The van der Waals surface area contributed by atoms with E-state index in [1.807, 2.05) is 6.92 Å². The highest BCUT2D eigenvalue weighted by molar-refractivity contribution is 5.91. The summed E-state index contributed by atoms with van der Waals surface area (Å²) in [4.78, 5) is 23.2. The van der Waals surface area contributed by atoms with Gasteiger partial charge in [-0.15, -0.1) is 12.4 Å². The zero-order chi connectivity index (χ0) is 16.8. The Bertz CT molecular complexity index is 580. The number of nitrogens with two attached hydrogens (primary N) is 1. The minimum Gasteiger partial charge on any atom is -0.482 e. The van der Waals surface area contributed by atoms with Crippen LogP contribution in [0, 0.1) is 12.8 Å². The first-order valence-electron chi connectivity index (χ1n) is 7.85. The van der Waals surface area contributed by atoms with E-state index in [-0.39, 0.29) is 36.9 Å². The molecule has 1 amide bonds. The average molecular weight is 357 g/mol. The highest BCUT2D eigenvalue weighted by Gasteiger charge is 2.26. The number of amides is 1. The van der Waals surface area contributed by atoms with Crippen molar-refractivity contribution >= 4 is 30.0 Å². The molecule has 0 saturated heterocycles. The van der Waals surface area contributed by atoms with Gasteiger partial charge in [0.15, 0.2) is 6.61 Å². The molecular formula is C17H25ClN2O4. The van der Waals surface area contributed by atoms with Crippen LogP contribution in [0.3, 0.4) is 0 Å². The van der Waals surface area contributed by atoms with Crippen molar-refractivity contribution in [3.05, 3.63) is 23.8 Å². The first kappa shape index (κ1) is 20.3. The van der Waals surface area contributed by atoms with Crippen molar-refractivity contribution in [3.63, 3.8) is 0 Å². The molecule has 0 radical (unpaired) electrons. The van der Waals surface area contributed by atoms with E-state index in [0.29, 0.717) is 12.2 Å². The Labute approximate surface area is 148 Å². The van der Waals surface area contributed by atoms with Crippen LogP contribution in [0.25, 0.3) is 0 Å². The number of carbonyl (C=O) groups excluding carboxylic acids is 2. The third-order valence-corrected chi connectivity index (χ3v) is 4.22. The van der Waals surface area contributed by atoms with Crippen molar-refractivity contribution in [1.29, 1.82) is 0 Å². The highest BCUT2D eigenvalue weighted by atomic mass is 35.5. The van der Waals surface area contributed by atoms with Gasteiger partial charge in [0.05, 0.1) is 7.11 Å². The Morgan fingerprint density at radius 2 is 2.08 bits per heavy atom. The lowest BCUT2D eigenvalue weighted by Crippen LogP contribution is -2.28. The minimum absolute atomic E-state index is 0. The van der Waals surface area contributed by atoms with Gasteiger partial charge in [-0.3, -0.25) is 4.79 Å². The third kappa shape index (κ3) is 5.69. The van der Waals surface area contributed by atoms with E-state index in [4.69, 9.17) is 10.5 Å². The zero-order valence-corrected chi connectivity index (χ0v) is 14.9. The second-order valence-electron chi connectivity index (χ2n) is 5.95.